The van der Waals surface area contributed by atoms with E-state index in [1.165, 1.54) is 5.56 Å². The van der Waals surface area contributed by atoms with Crippen LogP contribution in [0.5, 0.6) is 0 Å². The Hall–Kier alpha value is -1.06. The fraction of sp³-hybridized carbons (Fsp3) is 0.533. The molecule has 104 valence electrons. The van der Waals surface area contributed by atoms with Gasteiger partial charge < -0.3 is 9.64 Å². The lowest BCUT2D eigenvalue weighted by atomic mass is 10.1. The third kappa shape index (κ3) is 4.22. The molecule has 1 saturated heterocycles. The summed E-state index contributed by atoms with van der Waals surface area (Å²) in [5.74, 6) is 0.648. The molecule has 1 aliphatic heterocycles. The minimum Gasteiger partial charge on any atom is -0.377 e. The summed E-state index contributed by atoms with van der Waals surface area (Å²) in [6.45, 7) is 1.85. The monoisotopic (exact) mass is 281 g/mol. The maximum absolute atomic E-state index is 12.2. The minimum atomic E-state index is 0.0413. The van der Waals surface area contributed by atoms with Gasteiger partial charge in [0.05, 0.1) is 19.3 Å². The fourth-order valence-corrected chi connectivity index (χ4v) is 2.60. The molecule has 1 heterocycles. The second-order valence-corrected chi connectivity index (χ2v) is 5.12. The van der Waals surface area contributed by atoms with Gasteiger partial charge in [0.25, 0.3) is 0 Å². The Kier molecular flexibility index (Phi) is 5.67. The summed E-state index contributed by atoms with van der Waals surface area (Å²) >= 11 is 5.88. The molecule has 3 nitrogen and oxygen atoms in total. The molecule has 1 amide bonds. The first kappa shape index (κ1) is 14.4. The van der Waals surface area contributed by atoms with Gasteiger partial charge in [-0.25, -0.2) is 0 Å². The highest BCUT2D eigenvalue weighted by molar-refractivity contribution is 6.18. The van der Waals surface area contributed by atoms with Crippen molar-refractivity contribution in [1.82, 2.24) is 4.90 Å². The van der Waals surface area contributed by atoms with Crippen molar-refractivity contribution in [1.29, 1.82) is 0 Å². The molecule has 19 heavy (non-hydrogen) atoms. The van der Waals surface area contributed by atoms with Crippen molar-refractivity contribution in [3.05, 3.63) is 35.9 Å². The normalized spacial score (nSPS) is 19.4. The van der Waals surface area contributed by atoms with Crippen molar-refractivity contribution in [2.75, 3.05) is 25.6 Å². The molecule has 1 fully saturated rings. The first-order valence-corrected chi connectivity index (χ1v) is 7.32. The Balaban J connectivity index is 1.77. The molecule has 2 rings (SSSR count). The second kappa shape index (κ2) is 7.51. The summed E-state index contributed by atoms with van der Waals surface area (Å²) in [6, 6.07) is 10.3. The lowest BCUT2D eigenvalue weighted by Crippen LogP contribution is -2.49. The molecule has 0 aliphatic carbocycles. The van der Waals surface area contributed by atoms with E-state index in [-0.39, 0.29) is 11.9 Å². The highest BCUT2D eigenvalue weighted by atomic mass is 35.5. The molecule has 1 aromatic rings. The molecule has 0 saturated carbocycles. The minimum absolute atomic E-state index is 0.0413. The maximum atomic E-state index is 12.2. The van der Waals surface area contributed by atoms with Gasteiger partial charge in [0.15, 0.2) is 0 Å². The fourth-order valence-electron chi connectivity index (χ4n) is 2.34. The largest absolute Gasteiger partial charge is 0.377 e. The van der Waals surface area contributed by atoms with Gasteiger partial charge in [0, 0.05) is 18.8 Å². The molecule has 1 atom stereocenters. The summed E-state index contributed by atoms with van der Waals surface area (Å²) in [5.41, 5.74) is 1.28. The molecule has 1 aliphatic rings. The van der Waals surface area contributed by atoms with Gasteiger partial charge in [-0.2, -0.15) is 0 Å². The Morgan fingerprint density at radius 3 is 2.89 bits per heavy atom. The number of hydrogen-bond acceptors (Lipinski definition) is 2. The third-order valence-corrected chi connectivity index (χ3v) is 3.78. The van der Waals surface area contributed by atoms with Gasteiger partial charge in [-0.3, -0.25) is 4.79 Å². The highest BCUT2D eigenvalue weighted by Gasteiger charge is 2.25. The van der Waals surface area contributed by atoms with E-state index in [4.69, 9.17) is 16.3 Å². The van der Waals surface area contributed by atoms with Gasteiger partial charge in [-0.15, -0.1) is 11.6 Å². The van der Waals surface area contributed by atoms with Crippen LogP contribution in [0.2, 0.25) is 0 Å². The molecular weight excluding hydrogens is 262 g/mol. The number of carbonyl (C=O) groups excluding carboxylic acids is 1. The number of morpholine rings is 1. The molecule has 0 aromatic heterocycles. The van der Waals surface area contributed by atoms with Crippen molar-refractivity contribution in [3.63, 3.8) is 0 Å². The van der Waals surface area contributed by atoms with E-state index in [1.807, 2.05) is 23.1 Å². The van der Waals surface area contributed by atoms with E-state index in [2.05, 4.69) is 12.1 Å². The number of aryl methyl sites for hydroxylation is 1. The number of alkyl halides is 1. The number of carbonyl (C=O) groups is 1. The molecule has 1 unspecified atom stereocenters. The summed E-state index contributed by atoms with van der Waals surface area (Å²) in [5, 5.41) is 0. The summed E-state index contributed by atoms with van der Waals surface area (Å²) < 4.78 is 5.35. The van der Waals surface area contributed by atoms with Crippen molar-refractivity contribution in [3.8, 4) is 0 Å². The molecule has 1 aromatic carbocycles. The zero-order valence-corrected chi connectivity index (χ0v) is 11.8. The topological polar surface area (TPSA) is 29.5 Å². The van der Waals surface area contributed by atoms with Crippen LogP contribution in [0.25, 0.3) is 0 Å². The standard InChI is InChI=1S/C15H20ClNO2/c16-11-14-12-19-10-9-17(14)15(18)8-4-7-13-5-2-1-3-6-13/h1-3,5-6,14H,4,7-12H2. The van der Waals surface area contributed by atoms with E-state index in [1.54, 1.807) is 0 Å². The average molecular weight is 282 g/mol. The Labute approximate surface area is 119 Å². The lowest BCUT2D eigenvalue weighted by molar-refractivity contribution is -0.139. The van der Waals surface area contributed by atoms with E-state index < -0.39 is 0 Å². The van der Waals surface area contributed by atoms with Gasteiger partial charge in [-0.1, -0.05) is 30.3 Å². The summed E-state index contributed by atoms with van der Waals surface area (Å²) in [4.78, 5) is 14.0. The van der Waals surface area contributed by atoms with Gasteiger partial charge in [0.2, 0.25) is 5.91 Å². The van der Waals surface area contributed by atoms with Gasteiger partial charge in [0.1, 0.15) is 0 Å². The van der Waals surface area contributed by atoms with E-state index in [0.29, 0.717) is 32.1 Å². The van der Waals surface area contributed by atoms with Crippen molar-refractivity contribution >= 4 is 17.5 Å². The number of benzene rings is 1. The van der Waals surface area contributed by atoms with Gasteiger partial charge in [-0.05, 0) is 18.4 Å². The molecule has 0 bridgehead atoms. The smallest absolute Gasteiger partial charge is 0.223 e. The van der Waals surface area contributed by atoms with Crippen molar-refractivity contribution in [2.24, 2.45) is 0 Å². The first-order chi connectivity index (χ1) is 9.31. The summed E-state index contributed by atoms with van der Waals surface area (Å²) in [6.07, 6.45) is 2.42. The molecule has 4 heteroatoms. The number of ether oxygens (including phenoxy) is 1. The lowest BCUT2D eigenvalue weighted by Gasteiger charge is -2.34. The average Bonchev–Trinajstić information content (AvgIpc) is 2.48. The summed E-state index contributed by atoms with van der Waals surface area (Å²) in [7, 11) is 0. The van der Waals surface area contributed by atoms with Crippen LogP contribution in [0.1, 0.15) is 18.4 Å². The van der Waals surface area contributed by atoms with Crippen molar-refractivity contribution in [2.45, 2.75) is 25.3 Å². The zero-order valence-electron chi connectivity index (χ0n) is 11.1. The maximum Gasteiger partial charge on any atom is 0.223 e. The van der Waals surface area contributed by atoms with Crippen LogP contribution >= 0.6 is 11.6 Å². The Morgan fingerprint density at radius 2 is 2.16 bits per heavy atom. The highest BCUT2D eigenvalue weighted by Crippen LogP contribution is 2.12. The second-order valence-electron chi connectivity index (χ2n) is 4.81. The van der Waals surface area contributed by atoms with Crippen LogP contribution in [-0.4, -0.2) is 42.5 Å². The first-order valence-electron chi connectivity index (χ1n) is 6.78. The van der Waals surface area contributed by atoms with Crippen molar-refractivity contribution < 1.29 is 9.53 Å². The Bertz CT molecular complexity index is 396. The SMILES string of the molecule is O=C(CCCc1ccccc1)N1CCOCC1CCl. The number of halogens is 1. The Morgan fingerprint density at radius 1 is 1.37 bits per heavy atom. The van der Waals surface area contributed by atoms with Crippen LogP contribution in [-0.2, 0) is 16.0 Å². The molecule has 0 spiro atoms. The predicted octanol–water partition coefficient (Wildman–Crippen LogP) is 2.48. The van der Waals surface area contributed by atoms with E-state index >= 15 is 0 Å². The molecule has 0 radical (unpaired) electrons. The van der Waals surface area contributed by atoms with Crippen LogP contribution in [0.4, 0.5) is 0 Å². The van der Waals surface area contributed by atoms with Crippen LogP contribution < -0.4 is 0 Å². The number of hydrogen-bond donors (Lipinski definition) is 0. The van der Waals surface area contributed by atoms with Gasteiger partial charge >= 0.3 is 0 Å². The third-order valence-electron chi connectivity index (χ3n) is 3.42. The predicted molar refractivity (Wildman–Crippen MR) is 76.4 cm³/mol. The quantitative estimate of drug-likeness (QED) is 0.776. The van der Waals surface area contributed by atoms with E-state index in [0.717, 1.165) is 12.8 Å². The molecular formula is C15H20ClNO2. The van der Waals surface area contributed by atoms with Crippen LogP contribution in [0.15, 0.2) is 30.3 Å². The van der Waals surface area contributed by atoms with E-state index in [9.17, 15) is 4.79 Å². The number of nitrogens with zero attached hydrogens (tertiary/aromatic N) is 1. The molecule has 0 N–H and O–H groups in total. The van der Waals surface area contributed by atoms with Crippen LogP contribution in [0, 0.1) is 0 Å². The zero-order chi connectivity index (χ0) is 13.5. The van der Waals surface area contributed by atoms with Crippen LogP contribution in [0.3, 0.4) is 0 Å². The number of amides is 1. The number of rotatable bonds is 5.